The van der Waals surface area contributed by atoms with Crippen molar-refractivity contribution in [1.29, 1.82) is 0 Å². The lowest BCUT2D eigenvalue weighted by molar-refractivity contribution is 0.207. The van der Waals surface area contributed by atoms with Crippen LogP contribution in [0.3, 0.4) is 0 Å². The summed E-state index contributed by atoms with van der Waals surface area (Å²) < 4.78 is 0. The maximum Gasteiger partial charge on any atom is 0.0282 e. The van der Waals surface area contributed by atoms with Gasteiger partial charge in [-0.05, 0) is 36.7 Å². The van der Waals surface area contributed by atoms with E-state index in [1.807, 2.05) is 0 Å². The van der Waals surface area contributed by atoms with Gasteiger partial charge in [-0.1, -0.05) is 55.7 Å². The fourth-order valence-electron chi connectivity index (χ4n) is 4.06. The van der Waals surface area contributed by atoms with Gasteiger partial charge in [-0.2, -0.15) is 0 Å². The predicted octanol–water partition coefficient (Wildman–Crippen LogP) is 4.61. The monoisotopic (exact) mass is 269 g/mol. The standard InChI is InChI=1S/C19H27N/c1-2-19-13-18(17-11-7-4-8-12-17)15-20(19)14-16-9-5-3-6-10-16/h2,4,7-8,11-12,16,18-19H,1,3,5-6,9-10,13-15H2. The second-order valence-electron chi connectivity index (χ2n) is 6.60. The zero-order chi connectivity index (χ0) is 13.8. The third kappa shape index (κ3) is 3.15. The van der Waals surface area contributed by atoms with Gasteiger partial charge < -0.3 is 0 Å². The van der Waals surface area contributed by atoms with Crippen LogP contribution in [-0.2, 0) is 0 Å². The largest absolute Gasteiger partial charge is 0.296 e. The van der Waals surface area contributed by atoms with E-state index in [1.54, 1.807) is 0 Å². The lowest BCUT2D eigenvalue weighted by Crippen LogP contribution is -2.33. The minimum Gasteiger partial charge on any atom is -0.296 e. The van der Waals surface area contributed by atoms with Crippen molar-refractivity contribution < 1.29 is 0 Å². The van der Waals surface area contributed by atoms with Crippen molar-refractivity contribution in [2.24, 2.45) is 5.92 Å². The Morgan fingerprint density at radius 3 is 2.55 bits per heavy atom. The number of hydrogen-bond acceptors (Lipinski definition) is 1. The van der Waals surface area contributed by atoms with E-state index >= 15 is 0 Å². The van der Waals surface area contributed by atoms with Gasteiger partial charge >= 0.3 is 0 Å². The molecule has 2 atom stereocenters. The summed E-state index contributed by atoms with van der Waals surface area (Å²) in [5, 5.41) is 0. The second-order valence-corrected chi connectivity index (χ2v) is 6.60. The number of nitrogens with zero attached hydrogens (tertiary/aromatic N) is 1. The maximum atomic E-state index is 4.07. The van der Waals surface area contributed by atoms with Gasteiger partial charge in [-0.25, -0.2) is 0 Å². The van der Waals surface area contributed by atoms with Gasteiger partial charge in [0.15, 0.2) is 0 Å². The van der Waals surface area contributed by atoms with E-state index in [4.69, 9.17) is 0 Å². The van der Waals surface area contributed by atoms with Gasteiger partial charge in [0.2, 0.25) is 0 Å². The molecule has 1 saturated carbocycles. The zero-order valence-electron chi connectivity index (χ0n) is 12.5. The quantitative estimate of drug-likeness (QED) is 0.721. The molecule has 108 valence electrons. The van der Waals surface area contributed by atoms with Crippen LogP contribution < -0.4 is 0 Å². The van der Waals surface area contributed by atoms with E-state index in [9.17, 15) is 0 Å². The Balaban J connectivity index is 1.63. The molecule has 1 saturated heterocycles. The Morgan fingerprint density at radius 2 is 1.85 bits per heavy atom. The minimum atomic E-state index is 0.585. The van der Waals surface area contributed by atoms with E-state index < -0.39 is 0 Å². The van der Waals surface area contributed by atoms with Crippen LogP contribution in [-0.4, -0.2) is 24.0 Å². The van der Waals surface area contributed by atoms with Gasteiger partial charge in [-0.3, -0.25) is 4.90 Å². The molecule has 3 rings (SSSR count). The van der Waals surface area contributed by atoms with E-state index in [-0.39, 0.29) is 0 Å². The van der Waals surface area contributed by atoms with E-state index in [0.717, 1.165) is 5.92 Å². The first-order chi connectivity index (χ1) is 9.86. The summed E-state index contributed by atoms with van der Waals surface area (Å²) in [6, 6.07) is 11.6. The highest BCUT2D eigenvalue weighted by Gasteiger charge is 2.32. The molecule has 1 aliphatic heterocycles. The molecular weight excluding hydrogens is 242 g/mol. The summed E-state index contributed by atoms with van der Waals surface area (Å²) in [6.07, 6.45) is 10.6. The summed E-state index contributed by atoms with van der Waals surface area (Å²) in [7, 11) is 0. The molecule has 1 aromatic carbocycles. The molecule has 0 bridgehead atoms. The van der Waals surface area contributed by atoms with Crippen molar-refractivity contribution in [2.75, 3.05) is 13.1 Å². The fraction of sp³-hybridized carbons (Fsp3) is 0.579. The Morgan fingerprint density at radius 1 is 1.10 bits per heavy atom. The van der Waals surface area contributed by atoms with Crippen LogP contribution in [0.1, 0.15) is 50.0 Å². The molecule has 0 aromatic heterocycles. The maximum absolute atomic E-state index is 4.07. The van der Waals surface area contributed by atoms with Crippen LogP contribution in [0.15, 0.2) is 43.0 Å². The van der Waals surface area contributed by atoms with Gasteiger partial charge in [0.05, 0.1) is 0 Å². The lowest BCUT2D eigenvalue weighted by Gasteiger charge is -2.29. The van der Waals surface area contributed by atoms with Crippen LogP contribution in [0.2, 0.25) is 0 Å². The number of hydrogen-bond donors (Lipinski definition) is 0. The van der Waals surface area contributed by atoms with Crippen molar-refractivity contribution in [2.45, 2.75) is 50.5 Å². The third-order valence-corrected chi connectivity index (χ3v) is 5.21. The molecule has 2 aliphatic rings. The van der Waals surface area contributed by atoms with Crippen molar-refractivity contribution >= 4 is 0 Å². The molecular formula is C19H27N. The molecule has 0 N–H and O–H groups in total. The summed E-state index contributed by atoms with van der Waals surface area (Å²) in [6.45, 7) is 6.58. The molecule has 0 amide bonds. The molecule has 2 unspecified atom stereocenters. The van der Waals surface area contributed by atoms with E-state index in [2.05, 4.69) is 47.9 Å². The van der Waals surface area contributed by atoms with Crippen molar-refractivity contribution in [1.82, 2.24) is 4.90 Å². The molecule has 20 heavy (non-hydrogen) atoms. The van der Waals surface area contributed by atoms with Crippen LogP contribution in [0.4, 0.5) is 0 Å². The molecule has 1 heteroatoms. The lowest BCUT2D eigenvalue weighted by atomic mass is 9.89. The van der Waals surface area contributed by atoms with Crippen LogP contribution in [0.5, 0.6) is 0 Å². The molecule has 1 nitrogen and oxygen atoms in total. The molecule has 1 aromatic rings. The molecule has 0 spiro atoms. The third-order valence-electron chi connectivity index (χ3n) is 5.21. The van der Waals surface area contributed by atoms with Gasteiger partial charge in [0.1, 0.15) is 0 Å². The molecule has 2 fully saturated rings. The average molecular weight is 269 g/mol. The zero-order valence-corrected chi connectivity index (χ0v) is 12.5. The SMILES string of the molecule is C=CC1CC(c2ccccc2)CN1CC1CCCCC1. The second kappa shape index (κ2) is 6.58. The molecule has 1 aliphatic carbocycles. The summed E-state index contributed by atoms with van der Waals surface area (Å²) in [5.41, 5.74) is 1.51. The Hall–Kier alpha value is -1.08. The van der Waals surface area contributed by atoms with Crippen molar-refractivity contribution in [3.63, 3.8) is 0 Å². The van der Waals surface area contributed by atoms with E-state index in [1.165, 1.54) is 57.2 Å². The first kappa shape index (κ1) is 13.9. The summed E-state index contributed by atoms with van der Waals surface area (Å²) in [4.78, 5) is 2.70. The van der Waals surface area contributed by atoms with Gasteiger partial charge in [0, 0.05) is 19.1 Å². The smallest absolute Gasteiger partial charge is 0.0282 e. The first-order valence-corrected chi connectivity index (χ1v) is 8.28. The minimum absolute atomic E-state index is 0.585. The van der Waals surface area contributed by atoms with Crippen molar-refractivity contribution in [3.8, 4) is 0 Å². The number of rotatable bonds is 4. The summed E-state index contributed by atoms with van der Waals surface area (Å²) >= 11 is 0. The van der Waals surface area contributed by atoms with Crippen LogP contribution >= 0.6 is 0 Å². The number of benzene rings is 1. The number of likely N-dealkylation sites (tertiary alicyclic amines) is 1. The highest BCUT2D eigenvalue weighted by atomic mass is 15.2. The predicted molar refractivity (Wildman–Crippen MR) is 85.9 cm³/mol. The topological polar surface area (TPSA) is 3.24 Å². The van der Waals surface area contributed by atoms with Crippen LogP contribution in [0.25, 0.3) is 0 Å². The average Bonchev–Trinajstić information content (AvgIpc) is 2.92. The molecule has 1 heterocycles. The van der Waals surface area contributed by atoms with E-state index in [0.29, 0.717) is 12.0 Å². The first-order valence-electron chi connectivity index (χ1n) is 8.28. The summed E-state index contributed by atoms with van der Waals surface area (Å²) in [5.74, 6) is 1.63. The Labute approximate surface area is 123 Å². The normalized spacial score (nSPS) is 28.6. The highest BCUT2D eigenvalue weighted by Crippen LogP contribution is 2.34. The van der Waals surface area contributed by atoms with Gasteiger partial charge in [0.25, 0.3) is 0 Å². The van der Waals surface area contributed by atoms with Crippen LogP contribution in [0, 0.1) is 5.92 Å². The fourth-order valence-corrected chi connectivity index (χ4v) is 4.06. The Kier molecular flexibility index (Phi) is 4.57. The molecule has 0 radical (unpaired) electrons. The van der Waals surface area contributed by atoms with Gasteiger partial charge in [-0.15, -0.1) is 6.58 Å². The van der Waals surface area contributed by atoms with Crippen molar-refractivity contribution in [3.05, 3.63) is 48.6 Å². The highest BCUT2D eigenvalue weighted by molar-refractivity contribution is 5.22. The Bertz CT molecular complexity index is 419.